The third kappa shape index (κ3) is 4.78. The van der Waals surface area contributed by atoms with Crippen molar-refractivity contribution in [2.24, 2.45) is 5.92 Å². The Labute approximate surface area is 279 Å². The van der Waals surface area contributed by atoms with Crippen molar-refractivity contribution in [2.45, 2.75) is 65.0 Å². The van der Waals surface area contributed by atoms with Crippen molar-refractivity contribution >= 4 is 29.8 Å². The SMILES string of the molecule is CC1=Cc2c(-c3cccc4ccccc34)ccc(C)c2[CH]1[Zr]([CH3])([CH3])(=[SiH2])[CH]1C(C(C)C)=Cc2c(-c3c(C)cc(C)cc3C)cccc21. The summed E-state index contributed by atoms with van der Waals surface area (Å²) in [5.74, 6) is 0.497. The molecule has 0 nitrogen and oxygen atoms in total. The molecule has 0 saturated heterocycles. The average molecular weight is 696 g/mol. The molecule has 7 rings (SSSR count). The van der Waals surface area contributed by atoms with Crippen LogP contribution < -0.4 is 0 Å². The van der Waals surface area contributed by atoms with Crippen LogP contribution in [0.4, 0.5) is 0 Å². The van der Waals surface area contributed by atoms with Crippen molar-refractivity contribution in [3.8, 4) is 22.3 Å². The molecule has 5 aromatic carbocycles. The van der Waals surface area contributed by atoms with Gasteiger partial charge < -0.3 is 0 Å². The van der Waals surface area contributed by atoms with Crippen LogP contribution in [-0.4, -0.2) is 6.88 Å². The van der Waals surface area contributed by atoms with Crippen LogP contribution in [0, 0.1) is 33.6 Å². The topological polar surface area (TPSA) is 0 Å². The van der Waals surface area contributed by atoms with Gasteiger partial charge in [-0.05, 0) is 0 Å². The number of allylic oxidation sites excluding steroid dienone is 2. The molecule has 0 fully saturated rings. The summed E-state index contributed by atoms with van der Waals surface area (Å²) < 4.78 is 6.56. The molecule has 2 aliphatic rings. The van der Waals surface area contributed by atoms with Gasteiger partial charge >= 0.3 is 281 Å². The number of rotatable bonds is 5. The molecule has 5 aromatic rings. The van der Waals surface area contributed by atoms with E-state index in [9.17, 15) is 0 Å². The Kier molecular flexibility index (Phi) is 7.54. The second-order valence-corrected chi connectivity index (χ2v) is 46.3. The van der Waals surface area contributed by atoms with E-state index in [0.29, 0.717) is 13.2 Å². The van der Waals surface area contributed by atoms with Crippen LogP contribution in [0.3, 0.4) is 0 Å². The minimum absolute atomic E-state index is 0.495. The number of aryl methyl sites for hydroxylation is 4. The van der Waals surface area contributed by atoms with E-state index in [-0.39, 0.29) is 0 Å². The van der Waals surface area contributed by atoms with Gasteiger partial charge in [0, 0.05) is 0 Å². The van der Waals surface area contributed by atoms with Gasteiger partial charge in [0.05, 0.1) is 0 Å². The Bertz CT molecular complexity index is 2190. The molecular formula is C44H48SiZr. The molecule has 232 valence electrons. The third-order valence-electron chi connectivity index (χ3n) is 11.3. The molecule has 0 N–H and O–H groups in total. The van der Waals surface area contributed by atoms with Crippen LogP contribution in [0.25, 0.3) is 45.2 Å². The van der Waals surface area contributed by atoms with Crippen LogP contribution in [-0.2, 0) is 17.4 Å². The van der Waals surface area contributed by atoms with Crippen LogP contribution in [0.15, 0.2) is 96.1 Å². The molecule has 2 aliphatic carbocycles. The summed E-state index contributed by atoms with van der Waals surface area (Å²) in [5, 5.41) is 2.65. The molecule has 0 spiro atoms. The van der Waals surface area contributed by atoms with Crippen LogP contribution >= 0.6 is 0 Å². The zero-order chi connectivity index (χ0) is 32.7. The maximum atomic E-state index is 2.78. The summed E-state index contributed by atoms with van der Waals surface area (Å²) in [4.78, 5) is 0. The van der Waals surface area contributed by atoms with Crippen LogP contribution in [0.1, 0.15) is 72.5 Å². The van der Waals surface area contributed by atoms with Crippen molar-refractivity contribution in [2.75, 3.05) is 0 Å². The summed E-state index contributed by atoms with van der Waals surface area (Å²) in [6.45, 7) is 18.9. The van der Waals surface area contributed by atoms with Gasteiger partial charge in [0.2, 0.25) is 0 Å². The molecule has 0 bridgehead atoms. The first-order valence-electron chi connectivity index (χ1n) is 17.1. The van der Waals surface area contributed by atoms with E-state index in [4.69, 9.17) is 0 Å². The quantitative estimate of drug-likeness (QED) is 0.161. The first kappa shape index (κ1) is 31.5. The van der Waals surface area contributed by atoms with Gasteiger partial charge in [-0.3, -0.25) is 0 Å². The van der Waals surface area contributed by atoms with Crippen molar-refractivity contribution in [3.05, 3.63) is 141 Å². The third-order valence-corrected chi connectivity index (χ3v) is 28.9. The molecular weight excluding hydrogens is 648 g/mol. The van der Waals surface area contributed by atoms with Crippen molar-refractivity contribution in [1.82, 2.24) is 0 Å². The Morgan fingerprint density at radius 1 is 0.630 bits per heavy atom. The fourth-order valence-electron chi connectivity index (χ4n) is 9.71. The maximum absolute atomic E-state index is 3.74. The summed E-state index contributed by atoms with van der Waals surface area (Å²) in [6, 6.07) is 32.4. The molecule has 0 saturated carbocycles. The molecule has 46 heavy (non-hydrogen) atoms. The normalized spacial score (nSPS) is 17.7. The first-order valence-corrected chi connectivity index (χ1v) is 30.7. The van der Waals surface area contributed by atoms with Crippen LogP contribution in [0.5, 0.6) is 0 Å². The van der Waals surface area contributed by atoms with Crippen LogP contribution in [0.2, 0.25) is 9.26 Å². The number of fused-ring (bicyclic) bond motifs is 3. The van der Waals surface area contributed by atoms with E-state index < -0.39 is 17.4 Å². The first-order chi connectivity index (χ1) is 21.8. The molecule has 2 atom stereocenters. The second kappa shape index (κ2) is 11.0. The van der Waals surface area contributed by atoms with E-state index in [1.807, 2.05) is 0 Å². The predicted octanol–water partition coefficient (Wildman–Crippen LogP) is 12.0. The van der Waals surface area contributed by atoms with Gasteiger partial charge in [-0.1, -0.05) is 0 Å². The molecule has 0 amide bonds. The zero-order valence-electron chi connectivity index (χ0n) is 29.2. The van der Waals surface area contributed by atoms with Crippen molar-refractivity contribution < 1.29 is 17.4 Å². The summed E-state index contributed by atoms with van der Waals surface area (Å²) in [6.07, 6.45) is 5.20. The van der Waals surface area contributed by atoms with Gasteiger partial charge in [-0.15, -0.1) is 0 Å². The van der Waals surface area contributed by atoms with E-state index in [2.05, 4.69) is 162 Å². The number of hydrogen-bond acceptors (Lipinski definition) is 0. The van der Waals surface area contributed by atoms with E-state index >= 15 is 0 Å². The molecule has 0 aromatic heterocycles. The number of hydrogen-bond donors (Lipinski definition) is 0. The van der Waals surface area contributed by atoms with Gasteiger partial charge in [0.1, 0.15) is 0 Å². The van der Waals surface area contributed by atoms with Gasteiger partial charge in [0.25, 0.3) is 0 Å². The molecule has 2 unspecified atom stereocenters. The fourth-order valence-corrected chi connectivity index (χ4v) is 30.3. The van der Waals surface area contributed by atoms with Crippen molar-refractivity contribution in [3.63, 3.8) is 0 Å². The van der Waals surface area contributed by atoms with E-state index in [1.54, 1.807) is 22.3 Å². The zero-order valence-corrected chi connectivity index (χ0v) is 33.0. The van der Waals surface area contributed by atoms with Crippen molar-refractivity contribution in [1.29, 1.82) is 0 Å². The monoisotopic (exact) mass is 694 g/mol. The van der Waals surface area contributed by atoms with Gasteiger partial charge in [-0.25, -0.2) is 0 Å². The Morgan fingerprint density at radius 3 is 2.00 bits per heavy atom. The summed E-state index contributed by atoms with van der Waals surface area (Å²) >= 11 is -3.74. The molecule has 2 heteroatoms. The second-order valence-electron chi connectivity index (χ2n) is 15.9. The van der Waals surface area contributed by atoms with E-state index in [1.165, 1.54) is 66.4 Å². The Hall–Kier alpha value is -3.06. The Morgan fingerprint density at radius 2 is 1.28 bits per heavy atom. The standard InChI is InChI=1S/C21H17.C21H23.2CH3.H2Si.Zr/c1-14-12-20-15(2)10-11-19(21(20)13-14)18-9-5-7-16-6-3-4-8-17(16)18;1-13(2)18-11-17-7-6-8-19(20(17)12-18)21-15(4)9-14(3)10-16(21)5;;;;/h3-13H,1-2H3;6-13H,1-5H3;2*1H3;1H2;. The van der Waals surface area contributed by atoms with Gasteiger partial charge in [-0.2, -0.15) is 0 Å². The predicted molar refractivity (Wildman–Crippen MR) is 202 cm³/mol. The average Bonchev–Trinajstić information content (AvgIpc) is 3.58. The summed E-state index contributed by atoms with van der Waals surface area (Å²) in [7, 11) is 0. The molecule has 0 radical (unpaired) electrons. The fraction of sp³-hybridized carbons (Fsp3) is 0.273. The van der Waals surface area contributed by atoms with Gasteiger partial charge in [0.15, 0.2) is 0 Å². The van der Waals surface area contributed by atoms with E-state index in [0.717, 1.165) is 0 Å². The molecule has 0 heterocycles. The molecule has 0 aliphatic heterocycles. The Balaban J connectivity index is 1.44. The number of benzene rings is 5. The summed E-state index contributed by atoms with van der Waals surface area (Å²) in [5.41, 5.74) is 20.4. The minimum atomic E-state index is -3.74.